The summed E-state index contributed by atoms with van der Waals surface area (Å²) in [6, 6.07) is 9.89. The molecule has 6 heteroatoms. The van der Waals surface area contributed by atoms with E-state index in [9.17, 15) is 4.79 Å². The Bertz CT molecular complexity index is 712. The number of hydrogen-bond donors (Lipinski definition) is 0. The van der Waals surface area contributed by atoms with Gasteiger partial charge in [0.25, 0.3) is 0 Å². The molecule has 1 aromatic carbocycles. The van der Waals surface area contributed by atoms with Crippen LogP contribution in [0.2, 0.25) is 0 Å². The summed E-state index contributed by atoms with van der Waals surface area (Å²) >= 11 is 0. The van der Waals surface area contributed by atoms with E-state index in [4.69, 9.17) is 9.26 Å². The number of likely N-dealkylation sites (tertiary alicyclic amines) is 1. The molecule has 1 saturated heterocycles. The molecular weight excluding hydrogens is 318 g/mol. The predicted octanol–water partition coefficient (Wildman–Crippen LogP) is 2.95. The summed E-state index contributed by atoms with van der Waals surface area (Å²) in [7, 11) is 0. The molecule has 0 spiro atoms. The van der Waals surface area contributed by atoms with E-state index in [1.165, 1.54) is 0 Å². The van der Waals surface area contributed by atoms with Gasteiger partial charge in [-0.25, -0.2) is 0 Å². The average Bonchev–Trinajstić information content (AvgIpc) is 3.20. The molecule has 0 unspecified atom stereocenters. The smallest absolute Gasteiger partial charge is 0.227 e. The van der Waals surface area contributed by atoms with Crippen LogP contribution in [0.4, 0.5) is 0 Å². The molecule has 6 nitrogen and oxygen atoms in total. The van der Waals surface area contributed by atoms with E-state index < -0.39 is 0 Å². The molecule has 1 aromatic heterocycles. The van der Waals surface area contributed by atoms with Crippen molar-refractivity contribution in [1.82, 2.24) is 15.0 Å². The van der Waals surface area contributed by atoms with Crippen molar-refractivity contribution in [2.75, 3.05) is 13.2 Å². The maximum atomic E-state index is 12.6. The van der Waals surface area contributed by atoms with Crippen LogP contribution in [-0.4, -0.2) is 40.1 Å². The highest BCUT2D eigenvalue weighted by atomic mass is 16.5. The summed E-state index contributed by atoms with van der Waals surface area (Å²) < 4.78 is 11.1. The predicted molar refractivity (Wildman–Crippen MR) is 91.3 cm³/mol. The van der Waals surface area contributed by atoms with Crippen LogP contribution in [0.3, 0.4) is 0 Å². The number of aryl methyl sites for hydroxylation is 1. The monoisotopic (exact) mass is 341 g/mol. The molecule has 1 aliphatic carbocycles. The zero-order chi connectivity index (χ0) is 17.1. The molecule has 1 atom stereocenters. The number of carbonyl (C=O) groups is 1. The van der Waals surface area contributed by atoms with Crippen LogP contribution >= 0.6 is 0 Å². The minimum Gasteiger partial charge on any atom is -0.491 e. The van der Waals surface area contributed by atoms with Gasteiger partial charge in [-0.1, -0.05) is 23.4 Å². The standard InChI is InChI=1S/C19H23N3O3/c23-18(11-10-17-20-19(21-25-17)14-8-9-14)22-12-4-5-15(22)13-24-16-6-2-1-3-7-16/h1-3,6-7,14-15H,4-5,8-13H2/t15-/m0/s1. The van der Waals surface area contributed by atoms with Crippen LogP contribution < -0.4 is 4.74 Å². The first kappa shape index (κ1) is 16.1. The summed E-state index contributed by atoms with van der Waals surface area (Å²) in [5.74, 6) is 2.85. The van der Waals surface area contributed by atoms with E-state index in [1.807, 2.05) is 35.2 Å². The second kappa shape index (κ2) is 7.25. The quantitative estimate of drug-likeness (QED) is 0.774. The molecule has 25 heavy (non-hydrogen) atoms. The molecule has 1 saturated carbocycles. The number of ether oxygens (including phenoxy) is 1. The van der Waals surface area contributed by atoms with E-state index in [2.05, 4.69) is 10.1 Å². The number of rotatable bonds is 7. The van der Waals surface area contributed by atoms with Crippen molar-refractivity contribution in [3.8, 4) is 5.75 Å². The Morgan fingerprint density at radius 3 is 2.88 bits per heavy atom. The number of para-hydroxylation sites is 1. The summed E-state index contributed by atoms with van der Waals surface area (Å²) in [4.78, 5) is 18.9. The second-order valence-electron chi connectivity index (χ2n) is 6.83. The number of nitrogens with zero attached hydrogens (tertiary/aromatic N) is 3. The van der Waals surface area contributed by atoms with Gasteiger partial charge in [-0.3, -0.25) is 4.79 Å². The van der Waals surface area contributed by atoms with Crippen LogP contribution in [0.15, 0.2) is 34.9 Å². The zero-order valence-electron chi connectivity index (χ0n) is 14.3. The lowest BCUT2D eigenvalue weighted by Crippen LogP contribution is -2.39. The molecular formula is C19H23N3O3. The highest BCUT2D eigenvalue weighted by Crippen LogP contribution is 2.38. The van der Waals surface area contributed by atoms with Crippen molar-refractivity contribution < 1.29 is 14.1 Å². The molecule has 0 N–H and O–H groups in total. The topological polar surface area (TPSA) is 68.5 Å². The fraction of sp³-hybridized carbons (Fsp3) is 0.526. The molecule has 2 aromatic rings. The fourth-order valence-electron chi connectivity index (χ4n) is 3.28. The van der Waals surface area contributed by atoms with Gasteiger partial charge in [-0.2, -0.15) is 4.98 Å². The molecule has 2 heterocycles. The summed E-state index contributed by atoms with van der Waals surface area (Å²) in [5, 5.41) is 4.00. The number of benzene rings is 1. The van der Waals surface area contributed by atoms with Gasteiger partial charge in [0, 0.05) is 25.3 Å². The van der Waals surface area contributed by atoms with E-state index in [1.54, 1.807) is 0 Å². The van der Waals surface area contributed by atoms with Crippen LogP contribution in [0.5, 0.6) is 5.75 Å². The maximum absolute atomic E-state index is 12.6. The fourth-order valence-corrected chi connectivity index (χ4v) is 3.28. The van der Waals surface area contributed by atoms with E-state index in [0.717, 1.165) is 43.8 Å². The van der Waals surface area contributed by atoms with Crippen LogP contribution in [0, 0.1) is 0 Å². The van der Waals surface area contributed by atoms with Gasteiger partial charge in [0.05, 0.1) is 6.04 Å². The zero-order valence-corrected chi connectivity index (χ0v) is 14.3. The van der Waals surface area contributed by atoms with Gasteiger partial charge in [0.1, 0.15) is 12.4 Å². The molecule has 4 rings (SSSR count). The molecule has 1 aliphatic heterocycles. The molecule has 0 radical (unpaired) electrons. The SMILES string of the molecule is O=C(CCc1nc(C2CC2)no1)N1CCC[C@H]1COc1ccccc1. The molecule has 2 aliphatic rings. The third-order valence-electron chi connectivity index (χ3n) is 4.86. The van der Waals surface area contributed by atoms with Crippen molar-refractivity contribution in [3.63, 3.8) is 0 Å². The Morgan fingerprint density at radius 1 is 1.24 bits per heavy atom. The third kappa shape index (κ3) is 4.00. The van der Waals surface area contributed by atoms with Gasteiger partial charge in [0.2, 0.25) is 11.8 Å². The van der Waals surface area contributed by atoms with Crippen molar-refractivity contribution in [3.05, 3.63) is 42.0 Å². The Morgan fingerprint density at radius 2 is 2.08 bits per heavy atom. The lowest BCUT2D eigenvalue weighted by Gasteiger charge is -2.24. The maximum Gasteiger partial charge on any atom is 0.227 e. The second-order valence-corrected chi connectivity index (χ2v) is 6.83. The Hall–Kier alpha value is -2.37. The van der Waals surface area contributed by atoms with Gasteiger partial charge >= 0.3 is 0 Å². The summed E-state index contributed by atoms with van der Waals surface area (Å²) in [6.07, 6.45) is 5.24. The van der Waals surface area contributed by atoms with Crippen molar-refractivity contribution in [2.24, 2.45) is 0 Å². The van der Waals surface area contributed by atoms with Crippen molar-refractivity contribution >= 4 is 5.91 Å². The van der Waals surface area contributed by atoms with E-state index in [-0.39, 0.29) is 11.9 Å². The lowest BCUT2D eigenvalue weighted by atomic mass is 10.2. The Kier molecular flexibility index (Phi) is 4.68. The third-order valence-corrected chi connectivity index (χ3v) is 4.86. The number of hydrogen-bond acceptors (Lipinski definition) is 5. The Labute approximate surface area is 147 Å². The van der Waals surface area contributed by atoms with Crippen molar-refractivity contribution in [2.45, 2.75) is 50.5 Å². The average molecular weight is 341 g/mol. The number of carbonyl (C=O) groups excluding carboxylic acids is 1. The molecule has 0 bridgehead atoms. The highest BCUT2D eigenvalue weighted by molar-refractivity contribution is 5.77. The van der Waals surface area contributed by atoms with Gasteiger partial charge in [-0.05, 0) is 37.8 Å². The van der Waals surface area contributed by atoms with Gasteiger partial charge in [0.15, 0.2) is 5.82 Å². The summed E-state index contributed by atoms with van der Waals surface area (Å²) in [5.41, 5.74) is 0. The van der Waals surface area contributed by atoms with E-state index in [0.29, 0.717) is 31.3 Å². The molecule has 132 valence electrons. The van der Waals surface area contributed by atoms with Gasteiger partial charge < -0.3 is 14.2 Å². The van der Waals surface area contributed by atoms with E-state index >= 15 is 0 Å². The number of amides is 1. The molecule has 2 fully saturated rings. The minimum atomic E-state index is 0.144. The van der Waals surface area contributed by atoms with Crippen LogP contribution in [0.25, 0.3) is 0 Å². The first-order valence-electron chi connectivity index (χ1n) is 9.09. The van der Waals surface area contributed by atoms with Gasteiger partial charge in [-0.15, -0.1) is 0 Å². The number of aromatic nitrogens is 2. The highest BCUT2D eigenvalue weighted by Gasteiger charge is 2.30. The molecule has 1 amide bonds. The lowest BCUT2D eigenvalue weighted by molar-refractivity contribution is -0.132. The largest absolute Gasteiger partial charge is 0.491 e. The normalized spacial score (nSPS) is 20.0. The van der Waals surface area contributed by atoms with Crippen molar-refractivity contribution in [1.29, 1.82) is 0 Å². The first-order chi connectivity index (χ1) is 12.3. The Balaban J connectivity index is 1.27. The minimum absolute atomic E-state index is 0.144. The summed E-state index contributed by atoms with van der Waals surface area (Å²) in [6.45, 7) is 1.35. The van der Waals surface area contributed by atoms with Crippen LogP contribution in [-0.2, 0) is 11.2 Å². The van der Waals surface area contributed by atoms with Crippen LogP contribution in [0.1, 0.15) is 49.7 Å². The first-order valence-corrected chi connectivity index (χ1v) is 9.09.